The second kappa shape index (κ2) is 11.9. The minimum Gasteiger partial charge on any atom is -0.497 e. The van der Waals surface area contributed by atoms with Gasteiger partial charge in [0.05, 0.1) is 32.1 Å². The van der Waals surface area contributed by atoms with Crippen LogP contribution in [0.15, 0.2) is 79.0 Å². The molecular weight excluding hydrogens is 458 g/mol. The van der Waals surface area contributed by atoms with Crippen molar-refractivity contribution in [3.05, 3.63) is 90.1 Å². The Labute approximate surface area is 210 Å². The number of rotatable bonds is 11. The van der Waals surface area contributed by atoms with Crippen LogP contribution in [0.3, 0.4) is 0 Å². The van der Waals surface area contributed by atoms with E-state index in [0.29, 0.717) is 48.1 Å². The van der Waals surface area contributed by atoms with Crippen LogP contribution in [0.1, 0.15) is 15.9 Å². The van der Waals surface area contributed by atoms with Gasteiger partial charge in [0.1, 0.15) is 29.5 Å². The number of carbonyl (C=O) groups is 1. The van der Waals surface area contributed by atoms with Crippen LogP contribution in [0.2, 0.25) is 0 Å². The first-order valence-corrected chi connectivity index (χ1v) is 11.5. The van der Waals surface area contributed by atoms with Crippen molar-refractivity contribution in [1.82, 2.24) is 15.1 Å². The highest BCUT2D eigenvalue weighted by molar-refractivity contribution is 6.00. The molecule has 0 unspecified atom stereocenters. The number of amides is 1. The lowest BCUT2D eigenvalue weighted by Crippen LogP contribution is -2.23. The maximum Gasteiger partial charge on any atom is 0.255 e. The Morgan fingerprint density at radius 2 is 1.72 bits per heavy atom. The molecule has 0 radical (unpaired) electrons. The summed E-state index contributed by atoms with van der Waals surface area (Å²) in [5.74, 6) is 1.68. The molecule has 0 aliphatic heterocycles. The van der Waals surface area contributed by atoms with E-state index in [9.17, 15) is 4.79 Å². The third-order valence-corrected chi connectivity index (χ3v) is 5.55. The molecule has 4 rings (SSSR count). The number of nitrogens with one attached hydrogen (secondary N) is 1. The maximum absolute atomic E-state index is 13.4. The number of aromatic nitrogens is 2. The van der Waals surface area contributed by atoms with Crippen LogP contribution in [0.25, 0.3) is 16.9 Å². The molecule has 8 nitrogen and oxygen atoms in total. The molecule has 1 amide bonds. The van der Waals surface area contributed by atoms with Crippen molar-refractivity contribution < 1.29 is 23.7 Å². The predicted molar refractivity (Wildman–Crippen MR) is 137 cm³/mol. The van der Waals surface area contributed by atoms with Crippen LogP contribution in [-0.4, -0.2) is 50.2 Å². The summed E-state index contributed by atoms with van der Waals surface area (Å²) in [5.41, 5.74) is 3.37. The number of ether oxygens (including phenoxy) is 4. The topological polar surface area (TPSA) is 83.8 Å². The van der Waals surface area contributed by atoms with Gasteiger partial charge in [-0.1, -0.05) is 30.3 Å². The summed E-state index contributed by atoms with van der Waals surface area (Å²) < 4.78 is 23.3. The molecule has 1 N–H and O–H groups in total. The molecular formula is C28H29N3O5. The van der Waals surface area contributed by atoms with Crippen LogP contribution < -0.4 is 19.5 Å². The Kier molecular flexibility index (Phi) is 8.20. The van der Waals surface area contributed by atoms with Crippen LogP contribution in [0.5, 0.6) is 17.2 Å². The van der Waals surface area contributed by atoms with Crippen molar-refractivity contribution in [3.8, 4) is 34.2 Å². The highest BCUT2D eigenvalue weighted by Gasteiger charge is 2.21. The first-order chi connectivity index (χ1) is 17.6. The van der Waals surface area contributed by atoms with Gasteiger partial charge in [-0.25, -0.2) is 4.68 Å². The molecule has 36 heavy (non-hydrogen) atoms. The summed E-state index contributed by atoms with van der Waals surface area (Å²) in [6, 6.07) is 22.7. The molecule has 0 spiro atoms. The highest BCUT2D eigenvalue weighted by atomic mass is 16.5. The van der Waals surface area contributed by atoms with Gasteiger partial charge in [0, 0.05) is 31.5 Å². The minimum atomic E-state index is -0.254. The highest BCUT2D eigenvalue weighted by Crippen LogP contribution is 2.35. The van der Waals surface area contributed by atoms with Crippen molar-refractivity contribution in [3.63, 3.8) is 0 Å². The zero-order chi connectivity index (χ0) is 25.3. The van der Waals surface area contributed by atoms with Gasteiger partial charge in [-0.05, 0) is 42.0 Å². The summed E-state index contributed by atoms with van der Waals surface area (Å²) >= 11 is 0. The summed E-state index contributed by atoms with van der Waals surface area (Å²) in [5, 5.41) is 7.76. The van der Waals surface area contributed by atoms with E-state index in [1.807, 2.05) is 66.7 Å². The Balaban J connectivity index is 1.62. The lowest BCUT2D eigenvalue weighted by molar-refractivity contribution is 0.0951. The van der Waals surface area contributed by atoms with Crippen LogP contribution in [-0.2, 0) is 11.3 Å². The van der Waals surface area contributed by atoms with Crippen molar-refractivity contribution in [2.45, 2.75) is 6.54 Å². The van der Waals surface area contributed by atoms with E-state index in [-0.39, 0.29) is 5.91 Å². The Bertz CT molecular complexity index is 1300. The third kappa shape index (κ3) is 5.84. The van der Waals surface area contributed by atoms with Crippen molar-refractivity contribution in [1.29, 1.82) is 0 Å². The first-order valence-electron chi connectivity index (χ1n) is 11.5. The average Bonchev–Trinajstić information content (AvgIpc) is 3.38. The molecule has 0 saturated carbocycles. The Morgan fingerprint density at radius 3 is 2.47 bits per heavy atom. The quantitative estimate of drug-likeness (QED) is 0.314. The van der Waals surface area contributed by atoms with Gasteiger partial charge < -0.3 is 24.3 Å². The first kappa shape index (κ1) is 24.8. The van der Waals surface area contributed by atoms with E-state index < -0.39 is 0 Å². The standard InChI is InChI=1S/C28H29N3O5/c1-33-14-15-36-23-11-7-8-20(16-23)18-29-28(32)25-19-31(21-9-5-4-6-10-21)30-27(25)24-13-12-22(34-2)17-26(24)35-3/h4-13,16-17,19H,14-15,18H2,1-3H3,(H,29,32). The largest absolute Gasteiger partial charge is 0.497 e. The van der Waals surface area contributed by atoms with E-state index in [1.54, 1.807) is 38.3 Å². The van der Waals surface area contributed by atoms with Crippen molar-refractivity contribution in [2.24, 2.45) is 0 Å². The molecule has 1 aromatic heterocycles. The zero-order valence-corrected chi connectivity index (χ0v) is 20.6. The molecule has 0 aliphatic rings. The molecule has 3 aromatic carbocycles. The van der Waals surface area contributed by atoms with Gasteiger partial charge in [-0.2, -0.15) is 5.10 Å². The van der Waals surface area contributed by atoms with Crippen LogP contribution in [0.4, 0.5) is 0 Å². The fourth-order valence-corrected chi connectivity index (χ4v) is 3.71. The maximum atomic E-state index is 13.4. The monoisotopic (exact) mass is 487 g/mol. The predicted octanol–water partition coefficient (Wildman–Crippen LogP) is 4.51. The number of benzene rings is 3. The molecule has 0 atom stereocenters. The lowest BCUT2D eigenvalue weighted by atomic mass is 10.1. The lowest BCUT2D eigenvalue weighted by Gasteiger charge is -2.11. The SMILES string of the molecule is COCCOc1cccc(CNC(=O)c2cn(-c3ccccc3)nc2-c2ccc(OC)cc2OC)c1. The fraction of sp³-hybridized carbons (Fsp3) is 0.214. The molecule has 0 aliphatic carbocycles. The van der Waals surface area contributed by atoms with Gasteiger partial charge in [0.25, 0.3) is 5.91 Å². The number of hydrogen-bond donors (Lipinski definition) is 1. The molecule has 186 valence electrons. The second-order valence-electron chi connectivity index (χ2n) is 7.91. The molecule has 0 saturated heterocycles. The van der Waals surface area contributed by atoms with E-state index in [4.69, 9.17) is 24.0 Å². The Hall–Kier alpha value is -4.30. The van der Waals surface area contributed by atoms with Gasteiger partial charge in [-0.3, -0.25) is 4.79 Å². The summed E-state index contributed by atoms with van der Waals surface area (Å²) in [6.07, 6.45) is 1.73. The zero-order valence-electron chi connectivity index (χ0n) is 20.6. The smallest absolute Gasteiger partial charge is 0.255 e. The van der Waals surface area contributed by atoms with E-state index >= 15 is 0 Å². The number of methoxy groups -OCH3 is 3. The molecule has 0 bridgehead atoms. The minimum absolute atomic E-state index is 0.254. The van der Waals surface area contributed by atoms with E-state index in [2.05, 4.69) is 5.32 Å². The second-order valence-corrected chi connectivity index (χ2v) is 7.91. The van der Waals surface area contributed by atoms with Gasteiger partial charge in [-0.15, -0.1) is 0 Å². The van der Waals surface area contributed by atoms with Crippen LogP contribution >= 0.6 is 0 Å². The molecule has 4 aromatic rings. The number of hydrogen-bond acceptors (Lipinski definition) is 6. The van der Waals surface area contributed by atoms with E-state index in [0.717, 1.165) is 17.0 Å². The average molecular weight is 488 g/mol. The van der Waals surface area contributed by atoms with E-state index in [1.165, 1.54) is 0 Å². The third-order valence-electron chi connectivity index (χ3n) is 5.55. The van der Waals surface area contributed by atoms with Crippen molar-refractivity contribution >= 4 is 5.91 Å². The summed E-state index contributed by atoms with van der Waals surface area (Å²) in [6.45, 7) is 1.29. The van der Waals surface area contributed by atoms with Gasteiger partial charge >= 0.3 is 0 Å². The molecule has 1 heterocycles. The molecule has 8 heteroatoms. The number of para-hydroxylation sites is 1. The van der Waals surface area contributed by atoms with Gasteiger partial charge in [0.15, 0.2) is 0 Å². The van der Waals surface area contributed by atoms with Crippen LogP contribution in [0, 0.1) is 0 Å². The summed E-state index contributed by atoms with van der Waals surface area (Å²) in [7, 11) is 4.80. The Morgan fingerprint density at radius 1 is 0.889 bits per heavy atom. The van der Waals surface area contributed by atoms with Crippen molar-refractivity contribution in [2.75, 3.05) is 34.5 Å². The number of carbonyl (C=O) groups excluding carboxylic acids is 1. The normalized spacial score (nSPS) is 10.6. The number of nitrogens with zero attached hydrogens (tertiary/aromatic N) is 2. The fourth-order valence-electron chi connectivity index (χ4n) is 3.71. The molecule has 0 fully saturated rings. The van der Waals surface area contributed by atoms with Gasteiger partial charge in [0.2, 0.25) is 0 Å². The summed E-state index contributed by atoms with van der Waals surface area (Å²) in [4.78, 5) is 13.4.